The predicted octanol–water partition coefficient (Wildman–Crippen LogP) is 4.48. The highest BCUT2D eigenvalue weighted by atomic mass is 35.5. The van der Waals surface area contributed by atoms with Gasteiger partial charge in [0, 0.05) is 17.0 Å². The Balaban J connectivity index is 1.98. The molecule has 1 amide bonds. The molecular weight excluding hydrogens is 438 g/mol. The zero-order chi connectivity index (χ0) is 22.4. The van der Waals surface area contributed by atoms with Crippen molar-refractivity contribution < 1.29 is 22.7 Å². The maximum Gasteiger partial charge on any atom is 0.305 e. The van der Waals surface area contributed by atoms with Gasteiger partial charge in [0.2, 0.25) is 0 Å². The summed E-state index contributed by atoms with van der Waals surface area (Å²) < 4.78 is 32.3. The van der Waals surface area contributed by atoms with E-state index >= 15 is 0 Å². The molecule has 0 aromatic heterocycles. The Labute approximate surface area is 186 Å². The molecule has 0 radical (unpaired) electrons. The number of benzene rings is 3. The van der Waals surface area contributed by atoms with Crippen molar-refractivity contribution in [2.75, 3.05) is 11.4 Å². The number of esters is 1. The van der Waals surface area contributed by atoms with Gasteiger partial charge in [-0.3, -0.25) is 9.59 Å². The second-order valence-corrected chi connectivity index (χ2v) is 8.86. The molecule has 3 aromatic carbocycles. The number of amides is 1. The number of sulfonamides is 1. The van der Waals surface area contributed by atoms with Crippen LogP contribution in [0, 0.1) is 0 Å². The van der Waals surface area contributed by atoms with Crippen LogP contribution in [-0.4, -0.2) is 27.4 Å². The van der Waals surface area contributed by atoms with E-state index in [0.717, 1.165) is 9.87 Å². The minimum absolute atomic E-state index is 0.0476. The van der Waals surface area contributed by atoms with Crippen LogP contribution in [0.25, 0.3) is 0 Å². The number of hydrogen-bond acceptors (Lipinski definition) is 5. The Morgan fingerprint density at radius 1 is 0.903 bits per heavy atom. The van der Waals surface area contributed by atoms with Crippen molar-refractivity contribution in [1.82, 2.24) is 0 Å². The molecule has 0 unspecified atom stereocenters. The molecule has 0 saturated heterocycles. The Morgan fingerprint density at radius 3 is 2.10 bits per heavy atom. The van der Waals surface area contributed by atoms with E-state index in [9.17, 15) is 18.0 Å². The minimum atomic E-state index is -4.22. The van der Waals surface area contributed by atoms with E-state index in [1.165, 1.54) is 43.5 Å². The van der Waals surface area contributed by atoms with E-state index in [0.29, 0.717) is 11.4 Å². The second kappa shape index (κ2) is 9.76. The highest BCUT2D eigenvalue weighted by molar-refractivity contribution is 7.93. The van der Waals surface area contributed by atoms with Crippen molar-refractivity contribution in [3.63, 3.8) is 0 Å². The summed E-state index contributed by atoms with van der Waals surface area (Å²) in [6.45, 7) is 0. The lowest BCUT2D eigenvalue weighted by molar-refractivity contribution is -0.140. The van der Waals surface area contributed by atoms with Crippen LogP contribution in [0.5, 0.6) is 0 Å². The molecule has 0 aliphatic rings. The van der Waals surface area contributed by atoms with Gasteiger partial charge in [0.1, 0.15) is 0 Å². The van der Waals surface area contributed by atoms with E-state index in [4.69, 9.17) is 11.6 Å². The van der Waals surface area contributed by atoms with Gasteiger partial charge >= 0.3 is 5.97 Å². The third kappa shape index (κ3) is 5.31. The van der Waals surface area contributed by atoms with Gasteiger partial charge in [0.05, 0.1) is 17.7 Å². The molecule has 3 aromatic rings. The van der Waals surface area contributed by atoms with Crippen LogP contribution in [0.2, 0.25) is 5.02 Å². The largest absolute Gasteiger partial charge is 0.469 e. The van der Waals surface area contributed by atoms with Crippen molar-refractivity contribution >= 4 is 39.2 Å². The smallest absolute Gasteiger partial charge is 0.305 e. The molecule has 0 spiro atoms. The number of hydrogen-bond donors (Lipinski definition) is 0. The van der Waals surface area contributed by atoms with Crippen LogP contribution in [-0.2, 0) is 26.0 Å². The van der Waals surface area contributed by atoms with Gasteiger partial charge in [-0.2, -0.15) is 4.31 Å². The predicted molar refractivity (Wildman–Crippen MR) is 119 cm³/mol. The third-order valence-corrected chi connectivity index (χ3v) is 6.55. The van der Waals surface area contributed by atoms with Crippen molar-refractivity contribution in [3.8, 4) is 0 Å². The van der Waals surface area contributed by atoms with Crippen molar-refractivity contribution in [2.24, 2.45) is 0 Å². The summed E-state index contributed by atoms with van der Waals surface area (Å²) >= 11 is 5.94. The van der Waals surface area contributed by atoms with Crippen molar-refractivity contribution in [2.45, 2.75) is 17.7 Å². The number of anilines is 1. The number of carbonyl (C=O) groups excluding carboxylic acids is 2. The normalized spacial score (nSPS) is 11.0. The molecular formula is C23H20ClNO5S. The van der Waals surface area contributed by atoms with E-state index in [-0.39, 0.29) is 28.5 Å². The van der Waals surface area contributed by atoms with Crippen LogP contribution >= 0.6 is 11.6 Å². The van der Waals surface area contributed by atoms with Gasteiger partial charge in [-0.25, -0.2) is 8.42 Å². The SMILES string of the molecule is COC(=O)CCc1ccc(S(=O)(=O)N(C(=O)c2ccccc2)c2ccc(Cl)cc2)cc1. The molecule has 6 nitrogen and oxygen atoms in total. The molecule has 0 heterocycles. The fourth-order valence-corrected chi connectivity index (χ4v) is 4.46. The quantitative estimate of drug-likeness (QED) is 0.488. The Bertz CT molecular complexity index is 1160. The highest BCUT2D eigenvalue weighted by Crippen LogP contribution is 2.27. The molecule has 0 atom stereocenters. The molecule has 0 aliphatic heterocycles. The molecule has 0 aliphatic carbocycles. The van der Waals surface area contributed by atoms with Gasteiger partial charge in [-0.1, -0.05) is 41.9 Å². The fourth-order valence-electron chi connectivity index (χ4n) is 2.92. The van der Waals surface area contributed by atoms with Crippen LogP contribution in [0.15, 0.2) is 83.8 Å². The van der Waals surface area contributed by atoms with Gasteiger partial charge in [-0.05, 0) is 60.5 Å². The average molecular weight is 458 g/mol. The summed E-state index contributed by atoms with van der Waals surface area (Å²) in [4.78, 5) is 24.5. The van der Waals surface area contributed by atoms with Gasteiger partial charge in [0.25, 0.3) is 15.9 Å². The second-order valence-electron chi connectivity index (χ2n) is 6.64. The number of aryl methyl sites for hydroxylation is 1. The minimum Gasteiger partial charge on any atom is -0.469 e. The molecule has 31 heavy (non-hydrogen) atoms. The van der Waals surface area contributed by atoms with Crippen LogP contribution < -0.4 is 4.31 Å². The van der Waals surface area contributed by atoms with Gasteiger partial charge < -0.3 is 4.74 Å². The Kier molecular flexibility index (Phi) is 7.09. The maximum atomic E-state index is 13.5. The topological polar surface area (TPSA) is 80.8 Å². The van der Waals surface area contributed by atoms with E-state index in [1.807, 2.05) is 0 Å². The summed E-state index contributed by atoms with van der Waals surface area (Å²) in [5.41, 5.74) is 1.18. The molecule has 8 heteroatoms. The van der Waals surface area contributed by atoms with Crippen LogP contribution in [0.1, 0.15) is 22.3 Å². The first-order valence-corrected chi connectivity index (χ1v) is 11.2. The molecule has 0 fully saturated rings. The lowest BCUT2D eigenvalue weighted by atomic mass is 10.1. The zero-order valence-corrected chi connectivity index (χ0v) is 18.3. The lowest BCUT2D eigenvalue weighted by Crippen LogP contribution is -2.37. The van der Waals surface area contributed by atoms with E-state index in [1.54, 1.807) is 42.5 Å². The summed E-state index contributed by atoms with van der Waals surface area (Å²) in [6, 6.07) is 20.2. The monoisotopic (exact) mass is 457 g/mol. The molecule has 0 saturated carbocycles. The lowest BCUT2D eigenvalue weighted by Gasteiger charge is -2.23. The van der Waals surface area contributed by atoms with Crippen molar-refractivity contribution in [3.05, 3.63) is 95.0 Å². The Morgan fingerprint density at radius 2 is 1.52 bits per heavy atom. The number of methoxy groups -OCH3 is 1. The first kappa shape index (κ1) is 22.5. The number of nitrogens with zero attached hydrogens (tertiary/aromatic N) is 1. The fraction of sp³-hybridized carbons (Fsp3) is 0.130. The number of carbonyl (C=O) groups is 2. The van der Waals surface area contributed by atoms with Crippen molar-refractivity contribution in [1.29, 1.82) is 0 Å². The van der Waals surface area contributed by atoms with Crippen LogP contribution in [0.4, 0.5) is 5.69 Å². The summed E-state index contributed by atoms with van der Waals surface area (Å²) in [5, 5.41) is 0.420. The Hall–Kier alpha value is -3.16. The third-order valence-electron chi connectivity index (χ3n) is 4.57. The molecule has 160 valence electrons. The van der Waals surface area contributed by atoms with Gasteiger partial charge in [-0.15, -0.1) is 0 Å². The first-order valence-electron chi connectivity index (χ1n) is 9.39. The summed E-state index contributed by atoms with van der Waals surface area (Å²) in [7, 11) is -2.91. The maximum absolute atomic E-state index is 13.5. The zero-order valence-electron chi connectivity index (χ0n) is 16.7. The molecule has 0 N–H and O–H groups in total. The number of halogens is 1. The highest BCUT2D eigenvalue weighted by Gasteiger charge is 2.31. The molecule has 0 bridgehead atoms. The van der Waals surface area contributed by atoms with E-state index in [2.05, 4.69) is 4.74 Å². The van der Waals surface area contributed by atoms with Gasteiger partial charge in [0.15, 0.2) is 0 Å². The standard InChI is InChI=1S/C23H20ClNO5S/c1-30-22(26)16-9-17-7-14-21(15-8-17)31(28,29)25(20-12-10-19(24)11-13-20)23(27)18-5-3-2-4-6-18/h2-8,10-15H,9,16H2,1H3. The first-order chi connectivity index (χ1) is 14.8. The number of ether oxygens (including phenoxy) is 1. The summed E-state index contributed by atoms with van der Waals surface area (Å²) in [6.07, 6.45) is 0.600. The van der Waals surface area contributed by atoms with Crippen LogP contribution in [0.3, 0.4) is 0 Å². The molecule has 3 rings (SSSR count). The summed E-state index contributed by atoms with van der Waals surface area (Å²) in [5.74, 6) is -1.03. The van der Waals surface area contributed by atoms with E-state index < -0.39 is 15.9 Å². The number of rotatable bonds is 7. The average Bonchev–Trinajstić information content (AvgIpc) is 2.79.